The van der Waals surface area contributed by atoms with E-state index in [0.717, 1.165) is 44.5 Å². The van der Waals surface area contributed by atoms with E-state index in [1.165, 1.54) is 0 Å². The highest BCUT2D eigenvalue weighted by molar-refractivity contribution is 6.05. The number of amides is 1. The molecule has 3 aromatic heterocycles. The Labute approximate surface area is 215 Å². The summed E-state index contributed by atoms with van der Waals surface area (Å²) in [5.74, 6) is -0.158. The predicted molar refractivity (Wildman–Crippen MR) is 150 cm³/mol. The number of fused-ring (bicyclic) bond motifs is 1. The lowest BCUT2D eigenvalue weighted by Gasteiger charge is -2.11. The van der Waals surface area contributed by atoms with E-state index in [4.69, 9.17) is 0 Å². The van der Waals surface area contributed by atoms with Gasteiger partial charge in [0.15, 0.2) is 0 Å². The van der Waals surface area contributed by atoms with Crippen LogP contribution in [0, 0.1) is 6.92 Å². The van der Waals surface area contributed by atoms with Gasteiger partial charge in [0.05, 0.1) is 11.9 Å². The molecular formula is C31H27N5O. The number of nitrogens with zero attached hydrogens (tertiary/aromatic N) is 3. The molecule has 3 heterocycles. The minimum Gasteiger partial charge on any atom is -0.346 e. The first-order valence-electron chi connectivity index (χ1n) is 11.7. The zero-order valence-corrected chi connectivity index (χ0v) is 19.6. The molecule has 2 N–H and O–H groups in total. The van der Waals surface area contributed by atoms with Gasteiger partial charge in [-0.25, -0.2) is 9.67 Å². The van der Waals surface area contributed by atoms with Crippen molar-refractivity contribution in [3.05, 3.63) is 121 Å². The Morgan fingerprint density at radius 1 is 0.838 bits per heavy atom. The number of carbonyl (C=O) groups excluding carboxylic acids is 1. The molecule has 0 aliphatic rings. The van der Waals surface area contributed by atoms with Crippen LogP contribution in [0.2, 0.25) is 0 Å². The van der Waals surface area contributed by atoms with Crippen molar-refractivity contribution in [3.8, 4) is 27.9 Å². The number of H-pyrrole nitrogens is 1. The zero-order chi connectivity index (χ0) is 24.5. The van der Waals surface area contributed by atoms with Gasteiger partial charge < -0.3 is 10.3 Å². The number of carbonyl (C=O) groups is 1. The van der Waals surface area contributed by atoms with Crippen LogP contribution in [0.25, 0.3) is 39.0 Å². The number of aryl methyl sites for hydroxylation is 1. The maximum atomic E-state index is 13.1. The number of anilines is 1. The fourth-order valence-corrected chi connectivity index (χ4v) is 4.31. The van der Waals surface area contributed by atoms with Crippen molar-refractivity contribution >= 4 is 22.6 Å². The number of hydrogen-bond donors (Lipinski definition) is 2. The van der Waals surface area contributed by atoms with Gasteiger partial charge in [-0.15, -0.1) is 0 Å². The Hall–Kier alpha value is -4.97. The van der Waals surface area contributed by atoms with Gasteiger partial charge in [-0.1, -0.05) is 56.0 Å². The third kappa shape index (κ3) is 4.77. The molecule has 1 amide bonds. The average Bonchev–Trinajstić information content (AvgIpc) is 3.60. The second kappa shape index (κ2) is 9.95. The van der Waals surface area contributed by atoms with Crippen molar-refractivity contribution in [2.24, 2.45) is 0 Å². The number of pyridine rings is 1. The molecule has 0 saturated carbocycles. The Kier molecular flexibility index (Phi) is 6.39. The van der Waals surface area contributed by atoms with Crippen LogP contribution >= 0.6 is 0 Å². The van der Waals surface area contributed by atoms with E-state index in [1.54, 1.807) is 0 Å². The van der Waals surface area contributed by atoms with Gasteiger partial charge in [0.2, 0.25) is 0 Å². The lowest BCUT2D eigenvalue weighted by molar-refractivity contribution is 0.102. The number of aromatic nitrogens is 4. The van der Waals surface area contributed by atoms with Gasteiger partial charge in [-0.2, -0.15) is 5.10 Å². The SMILES string of the molecule is C.Cc1ccc(NC(=O)c2cccc(-c3ccccc3)c2)cc1-n1cc(-c2cnc3[nH]ccc3c2)cn1. The van der Waals surface area contributed by atoms with Crippen LogP contribution in [0.5, 0.6) is 0 Å². The molecule has 0 atom stereocenters. The van der Waals surface area contributed by atoms with E-state index in [-0.39, 0.29) is 13.3 Å². The number of rotatable bonds is 5. The number of hydrogen-bond acceptors (Lipinski definition) is 3. The normalized spacial score (nSPS) is 10.7. The first-order valence-corrected chi connectivity index (χ1v) is 11.7. The van der Waals surface area contributed by atoms with Gasteiger partial charge in [0.25, 0.3) is 5.91 Å². The Morgan fingerprint density at radius 3 is 2.54 bits per heavy atom. The monoisotopic (exact) mass is 485 g/mol. The van der Waals surface area contributed by atoms with Crippen molar-refractivity contribution in [1.29, 1.82) is 0 Å². The van der Waals surface area contributed by atoms with E-state index in [1.807, 2.05) is 115 Å². The highest BCUT2D eigenvalue weighted by Crippen LogP contribution is 2.26. The summed E-state index contributed by atoms with van der Waals surface area (Å²) in [7, 11) is 0. The van der Waals surface area contributed by atoms with Crippen molar-refractivity contribution in [2.75, 3.05) is 5.32 Å². The molecule has 6 rings (SSSR count). The molecule has 0 fully saturated rings. The predicted octanol–water partition coefficient (Wildman–Crippen LogP) is 7.28. The second-order valence-corrected chi connectivity index (χ2v) is 8.72. The summed E-state index contributed by atoms with van der Waals surface area (Å²) in [6.07, 6.45) is 7.53. The summed E-state index contributed by atoms with van der Waals surface area (Å²) in [5, 5.41) is 8.67. The molecule has 6 heteroatoms. The van der Waals surface area contributed by atoms with E-state index >= 15 is 0 Å². The maximum Gasteiger partial charge on any atom is 0.255 e. The summed E-state index contributed by atoms with van der Waals surface area (Å²) >= 11 is 0. The molecule has 182 valence electrons. The molecule has 6 aromatic rings. The lowest BCUT2D eigenvalue weighted by Crippen LogP contribution is -2.12. The lowest BCUT2D eigenvalue weighted by atomic mass is 10.0. The number of nitrogens with one attached hydrogen (secondary N) is 2. The van der Waals surface area contributed by atoms with Crippen LogP contribution in [-0.4, -0.2) is 25.7 Å². The summed E-state index contributed by atoms with van der Waals surface area (Å²) < 4.78 is 1.83. The molecule has 0 aliphatic heterocycles. The first kappa shape index (κ1) is 23.8. The van der Waals surface area contributed by atoms with Crippen molar-refractivity contribution in [1.82, 2.24) is 19.7 Å². The summed E-state index contributed by atoms with van der Waals surface area (Å²) in [6.45, 7) is 2.03. The molecule has 3 aromatic carbocycles. The number of benzene rings is 3. The van der Waals surface area contributed by atoms with Crippen molar-refractivity contribution in [3.63, 3.8) is 0 Å². The molecular weight excluding hydrogens is 458 g/mol. The summed E-state index contributed by atoms with van der Waals surface area (Å²) in [5.41, 5.74) is 8.16. The standard InChI is InChI=1S/C30H23N5O.CH4/c1-20-10-11-27(34-30(36)24-9-5-8-22(14-24)21-6-3-2-4-7-21)16-28(20)35-19-26(18-33-35)25-15-23-12-13-31-29(23)32-17-25;/h2-19H,1H3,(H,31,32)(H,34,36);1H4. The van der Waals surface area contributed by atoms with E-state index in [0.29, 0.717) is 11.3 Å². The highest BCUT2D eigenvalue weighted by atomic mass is 16.1. The Balaban J connectivity index is 0.00000280. The number of aromatic amines is 1. The molecule has 0 aliphatic carbocycles. The zero-order valence-electron chi connectivity index (χ0n) is 19.6. The third-order valence-corrected chi connectivity index (χ3v) is 6.26. The first-order chi connectivity index (χ1) is 17.6. The van der Waals surface area contributed by atoms with Crippen LogP contribution in [0.15, 0.2) is 110 Å². The highest BCUT2D eigenvalue weighted by Gasteiger charge is 2.11. The summed E-state index contributed by atoms with van der Waals surface area (Å²) in [4.78, 5) is 20.7. The molecule has 37 heavy (non-hydrogen) atoms. The molecule has 0 unspecified atom stereocenters. The van der Waals surface area contributed by atoms with Gasteiger partial charge in [0, 0.05) is 46.4 Å². The minimum atomic E-state index is -0.158. The molecule has 0 saturated heterocycles. The van der Waals surface area contributed by atoms with Gasteiger partial charge in [-0.05, 0) is 60.0 Å². The average molecular weight is 486 g/mol. The molecule has 6 nitrogen and oxygen atoms in total. The van der Waals surface area contributed by atoms with Crippen LogP contribution in [0.4, 0.5) is 5.69 Å². The van der Waals surface area contributed by atoms with Crippen molar-refractivity contribution < 1.29 is 4.79 Å². The fourth-order valence-electron chi connectivity index (χ4n) is 4.31. The Bertz CT molecular complexity index is 1700. The smallest absolute Gasteiger partial charge is 0.255 e. The molecule has 0 radical (unpaired) electrons. The summed E-state index contributed by atoms with van der Waals surface area (Å²) in [6, 6.07) is 27.6. The Morgan fingerprint density at radius 2 is 1.68 bits per heavy atom. The topological polar surface area (TPSA) is 75.6 Å². The minimum absolute atomic E-state index is 0. The van der Waals surface area contributed by atoms with Gasteiger partial charge in [0.1, 0.15) is 5.65 Å². The van der Waals surface area contributed by atoms with E-state index < -0.39 is 0 Å². The largest absolute Gasteiger partial charge is 0.346 e. The van der Waals surface area contributed by atoms with Crippen LogP contribution in [0.1, 0.15) is 23.3 Å². The van der Waals surface area contributed by atoms with Crippen LogP contribution in [-0.2, 0) is 0 Å². The van der Waals surface area contributed by atoms with Crippen LogP contribution < -0.4 is 5.32 Å². The fraction of sp³-hybridized carbons (Fsp3) is 0.0645. The quantitative estimate of drug-likeness (QED) is 0.269. The third-order valence-electron chi connectivity index (χ3n) is 6.26. The maximum absolute atomic E-state index is 13.1. The molecule has 0 bridgehead atoms. The van der Waals surface area contributed by atoms with E-state index in [9.17, 15) is 4.79 Å². The van der Waals surface area contributed by atoms with E-state index in [2.05, 4.69) is 26.4 Å². The van der Waals surface area contributed by atoms with Gasteiger partial charge in [-0.3, -0.25) is 4.79 Å². The van der Waals surface area contributed by atoms with Crippen LogP contribution in [0.3, 0.4) is 0 Å². The van der Waals surface area contributed by atoms with Crippen molar-refractivity contribution in [2.45, 2.75) is 14.4 Å². The molecule has 0 spiro atoms. The van der Waals surface area contributed by atoms with Gasteiger partial charge >= 0.3 is 0 Å². The second-order valence-electron chi connectivity index (χ2n) is 8.72.